The molecule has 0 spiro atoms. The van der Waals surface area contributed by atoms with E-state index in [4.69, 9.17) is 4.74 Å². The average Bonchev–Trinajstić information content (AvgIpc) is 2.81. The van der Waals surface area contributed by atoms with E-state index in [-0.39, 0.29) is 5.91 Å². The summed E-state index contributed by atoms with van der Waals surface area (Å²) in [5.74, 6) is 0.769. The van der Waals surface area contributed by atoms with Gasteiger partial charge in [0.1, 0.15) is 18.1 Å². The first-order chi connectivity index (χ1) is 9.20. The Morgan fingerprint density at radius 1 is 1.42 bits per heavy atom. The van der Waals surface area contributed by atoms with Gasteiger partial charge in [-0.3, -0.25) is 9.48 Å². The molecule has 0 aliphatic carbocycles. The first-order valence-electron chi connectivity index (χ1n) is 6.11. The van der Waals surface area contributed by atoms with Crippen molar-refractivity contribution in [1.82, 2.24) is 15.0 Å². The van der Waals surface area contributed by atoms with Gasteiger partial charge in [-0.15, -0.1) is 5.10 Å². The lowest BCUT2D eigenvalue weighted by Crippen LogP contribution is -2.18. The SMILES string of the molecule is Cn1cc(COc2ccc3c(c2)NC(=O)CC3)nn1. The molecule has 3 rings (SSSR count). The Labute approximate surface area is 110 Å². The van der Waals surface area contributed by atoms with Crippen molar-refractivity contribution in [1.29, 1.82) is 0 Å². The number of anilines is 1. The van der Waals surface area contributed by atoms with Gasteiger partial charge in [-0.2, -0.15) is 0 Å². The maximum atomic E-state index is 11.3. The van der Waals surface area contributed by atoms with Crippen molar-refractivity contribution in [3.8, 4) is 5.75 Å². The van der Waals surface area contributed by atoms with Crippen LogP contribution in [0.2, 0.25) is 0 Å². The molecule has 0 radical (unpaired) electrons. The van der Waals surface area contributed by atoms with E-state index < -0.39 is 0 Å². The van der Waals surface area contributed by atoms with Gasteiger partial charge in [-0.1, -0.05) is 11.3 Å². The zero-order valence-electron chi connectivity index (χ0n) is 10.6. The van der Waals surface area contributed by atoms with Crippen molar-refractivity contribution in [3.05, 3.63) is 35.7 Å². The number of fused-ring (bicyclic) bond motifs is 1. The van der Waals surface area contributed by atoms with E-state index in [1.807, 2.05) is 25.2 Å². The van der Waals surface area contributed by atoms with Gasteiger partial charge < -0.3 is 10.1 Å². The summed E-state index contributed by atoms with van der Waals surface area (Å²) in [7, 11) is 1.81. The van der Waals surface area contributed by atoms with Crippen molar-refractivity contribution in [2.24, 2.45) is 7.05 Å². The third-order valence-electron chi connectivity index (χ3n) is 3.01. The third-order valence-corrected chi connectivity index (χ3v) is 3.01. The molecular formula is C13H14N4O2. The quantitative estimate of drug-likeness (QED) is 0.900. The highest BCUT2D eigenvalue weighted by atomic mass is 16.5. The summed E-state index contributed by atoms with van der Waals surface area (Å²) in [5, 5.41) is 10.6. The van der Waals surface area contributed by atoms with Gasteiger partial charge in [0.2, 0.25) is 5.91 Å². The Morgan fingerprint density at radius 2 is 2.32 bits per heavy atom. The summed E-state index contributed by atoms with van der Waals surface area (Å²) in [5.41, 5.74) is 2.75. The molecule has 0 saturated heterocycles. The maximum absolute atomic E-state index is 11.3. The molecule has 1 aromatic heterocycles. The third kappa shape index (κ3) is 2.57. The molecule has 1 amide bonds. The predicted octanol–water partition coefficient (Wildman–Crippen LogP) is 1.28. The minimum absolute atomic E-state index is 0.0542. The summed E-state index contributed by atoms with van der Waals surface area (Å²) < 4.78 is 7.27. The van der Waals surface area contributed by atoms with E-state index in [9.17, 15) is 4.79 Å². The van der Waals surface area contributed by atoms with Crippen molar-refractivity contribution in [3.63, 3.8) is 0 Å². The summed E-state index contributed by atoms with van der Waals surface area (Å²) in [6, 6.07) is 5.75. The van der Waals surface area contributed by atoms with Crippen LogP contribution in [0.4, 0.5) is 5.69 Å². The minimum atomic E-state index is 0.0542. The molecule has 6 heteroatoms. The number of aromatic nitrogens is 3. The second kappa shape index (κ2) is 4.72. The fourth-order valence-corrected chi connectivity index (χ4v) is 2.06. The van der Waals surface area contributed by atoms with Crippen LogP contribution in [0.5, 0.6) is 5.75 Å². The fraction of sp³-hybridized carbons (Fsp3) is 0.308. The van der Waals surface area contributed by atoms with Gasteiger partial charge in [-0.05, 0) is 18.1 Å². The molecule has 1 aliphatic rings. The summed E-state index contributed by atoms with van der Waals surface area (Å²) >= 11 is 0. The monoisotopic (exact) mass is 258 g/mol. The number of hydrogen-bond acceptors (Lipinski definition) is 4. The highest BCUT2D eigenvalue weighted by molar-refractivity contribution is 5.94. The first kappa shape index (κ1) is 11.7. The predicted molar refractivity (Wildman–Crippen MR) is 68.7 cm³/mol. The number of nitrogens with one attached hydrogen (secondary N) is 1. The summed E-state index contributed by atoms with van der Waals surface area (Å²) in [6.07, 6.45) is 3.14. The topological polar surface area (TPSA) is 69.0 Å². The molecule has 19 heavy (non-hydrogen) atoms. The van der Waals surface area contributed by atoms with E-state index >= 15 is 0 Å². The van der Waals surface area contributed by atoms with Crippen LogP contribution in [0.25, 0.3) is 0 Å². The minimum Gasteiger partial charge on any atom is -0.487 e. The first-order valence-corrected chi connectivity index (χ1v) is 6.11. The summed E-state index contributed by atoms with van der Waals surface area (Å²) in [4.78, 5) is 11.3. The molecule has 0 saturated carbocycles. The van der Waals surface area contributed by atoms with E-state index in [0.717, 1.165) is 23.4 Å². The molecule has 1 N–H and O–H groups in total. The number of benzene rings is 1. The lowest BCUT2D eigenvalue weighted by atomic mass is 10.0. The van der Waals surface area contributed by atoms with Gasteiger partial charge in [0, 0.05) is 25.2 Å². The molecule has 0 bridgehead atoms. The van der Waals surface area contributed by atoms with E-state index in [1.165, 1.54) is 0 Å². The molecule has 1 aromatic carbocycles. The molecule has 0 unspecified atom stereocenters. The molecule has 0 atom stereocenters. The summed E-state index contributed by atoms with van der Waals surface area (Å²) in [6.45, 7) is 0.362. The van der Waals surface area contributed by atoms with Crippen LogP contribution in [0.3, 0.4) is 0 Å². The van der Waals surface area contributed by atoms with Crippen LogP contribution in [0.1, 0.15) is 17.7 Å². The van der Waals surface area contributed by atoms with Crippen molar-refractivity contribution >= 4 is 11.6 Å². The number of rotatable bonds is 3. The van der Waals surface area contributed by atoms with Crippen LogP contribution >= 0.6 is 0 Å². The fourth-order valence-electron chi connectivity index (χ4n) is 2.06. The number of aryl methyl sites for hydroxylation is 2. The van der Waals surface area contributed by atoms with Crippen molar-refractivity contribution in [2.45, 2.75) is 19.4 Å². The average molecular weight is 258 g/mol. The zero-order valence-corrected chi connectivity index (χ0v) is 10.6. The van der Waals surface area contributed by atoms with Crippen LogP contribution in [-0.4, -0.2) is 20.9 Å². The molecular weight excluding hydrogens is 244 g/mol. The smallest absolute Gasteiger partial charge is 0.224 e. The number of hydrogen-bond donors (Lipinski definition) is 1. The van der Waals surface area contributed by atoms with E-state index in [2.05, 4.69) is 15.6 Å². The Hall–Kier alpha value is -2.37. The highest BCUT2D eigenvalue weighted by Crippen LogP contribution is 2.27. The standard InChI is InChI=1S/C13H14N4O2/c1-17-7-10(15-16-17)8-19-11-4-2-9-3-5-13(18)14-12(9)6-11/h2,4,6-7H,3,5,8H2,1H3,(H,14,18). The molecule has 2 aromatic rings. The van der Waals surface area contributed by atoms with Gasteiger partial charge >= 0.3 is 0 Å². The van der Waals surface area contributed by atoms with Gasteiger partial charge in [0.15, 0.2) is 0 Å². The van der Waals surface area contributed by atoms with Crippen LogP contribution < -0.4 is 10.1 Å². The Kier molecular flexibility index (Phi) is 2.91. The second-order valence-electron chi connectivity index (χ2n) is 4.54. The van der Waals surface area contributed by atoms with Gasteiger partial charge in [-0.25, -0.2) is 0 Å². The molecule has 1 aliphatic heterocycles. The lowest BCUT2D eigenvalue weighted by molar-refractivity contribution is -0.116. The number of carbonyl (C=O) groups excluding carboxylic acids is 1. The Bertz CT molecular complexity index is 621. The Balaban J connectivity index is 1.71. The molecule has 6 nitrogen and oxygen atoms in total. The molecule has 0 fully saturated rings. The van der Waals surface area contributed by atoms with Gasteiger partial charge in [0.05, 0.1) is 6.20 Å². The largest absolute Gasteiger partial charge is 0.487 e. The van der Waals surface area contributed by atoms with Gasteiger partial charge in [0.25, 0.3) is 0 Å². The Morgan fingerprint density at radius 3 is 3.11 bits per heavy atom. The molecule has 2 heterocycles. The lowest BCUT2D eigenvalue weighted by Gasteiger charge is -2.17. The number of carbonyl (C=O) groups is 1. The number of nitrogens with zero attached hydrogens (tertiary/aromatic N) is 3. The van der Waals surface area contributed by atoms with Crippen molar-refractivity contribution < 1.29 is 9.53 Å². The highest BCUT2D eigenvalue weighted by Gasteiger charge is 2.15. The van der Waals surface area contributed by atoms with Crippen molar-refractivity contribution in [2.75, 3.05) is 5.32 Å². The zero-order chi connectivity index (χ0) is 13.2. The van der Waals surface area contributed by atoms with Crippen LogP contribution in [0, 0.1) is 0 Å². The number of amides is 1. The normalized spacial score (nSPS) is 13.8. The van der Waals surface area contributed by atoms with Crippen LogP contribution in [0.15, 0.2) is 24.4 Å². The maximum Gasteiger partial charge on any atom is 0.224 e. The van der Waals surface area contributed by atoms with Crippen LogP contribution in [-0.2, 0) is 24.9 Å². The molecule has 98 valence electrons. The second-order valence-corrected chi connectivity index (χ2v) is 4.54. The number of ether oxygens (including phenoxy) is 1. The van der Waals surface area contributed by atoms with E-state index in [0.29, 0.717) is 18.8 Å². The van der Waals surface area contributed by atoms with E-state index in [1.54, 1.807) is 10.9 Å².